The fourth-order valence-electron chi connectivity index (χ4n) is 1.18. The number of nitrogens with zero attached hydrogens (tertiary/aromatic N) is 4. The quantitative estimate of drug-likeness (QED) is 0.357. The van der Waals surface area contributed by atoms with Crippen LogP contribution in [-0.4, -0.2) is 26.5 Å². The third-order valence-corrected chi connectivity index (χ3v) is 3.89. The molecular weight excluding hydrogens is 322 g/mol. The Balaban J connectivity index is 2.48. The van der Waals surface area contributed by atoms with Crippen LogP contribution in [-0.2, 0) is 10.0 Å². The molecule has 1 heterocycles. The van der Waals surface area contributed by atoms with Gasteiger partial charge in [-0.1, -0.05) is 5.11 Å². The number of aromatic nitrogens is 1. The summed E-state index contributed by atoms with van der Waals surface area (Å²) < 4.78 is 26.7. The second-order valence-corrected chi connectivity index (χ2v) is 6.08. The summed E-state index contributed by atoms with van der Waals surface area (Å²) in [5.74, 6) is 0. The van der Waals surface area contributed by atoms with Crippen molar-refractivity contribution in [2.45, 2.75) is 17.7 Å². The average Bonchev–Trinajstić information content (AvgIpc) is 2.33. The summed E-state index contributed by atoms with van der Waals surface area (Å²) in [6, 6.07) is 1.48. The van der Waals surface area contributed by atoms with Crippen LogP contribution in [0.1, 0.15) is 12.8 Å². The Morgan fingerprint density at radius 1 is 1.44 bits per heavy atom. The Morgan fingerprint density at radius 2 is 2.22 bits per heavy atom. The molecule has 0 aliphatic rings. The van der Waals surface area contributed by atoms with Crippen molar-refractivity contribution in [1.82, 2.24) is 9.71 Å². The third-order valence-electron chi connectivity index (χ3n) is 2.03. The Bertz CT molecular complexity index is 542. The van der Waals surface area contributed by atoms with Gasteiger partial charge in [-0.05, 0) is 40.4 Å². The van der Waals surface area contributed by atoms with Gasteiger partial charge in [0.05, 0.1) is 0 Å². The lowest BCUT2D eigenvalue weighted by molar-refractivity contribution is 0.576. The molecule has 1 aromatic heterocycles. The average molecular weight is 334 g/mol. The number of pyridine rings is 1. The van der Waals surface area contributed by atoms with Crippen molar-refractivity contribution >= 4 is 26.0 Å². The van der Waals surface area contributed by atoms with E-state index >= 15 is 0 Å². The predicted octanol–water partition coefficient (Wildman–Crippen LogP) is 2.21. The van der Waals surface area contributed by atoms with Crippen molar-refractivity contribution in [2.75, 3.05) is 13.1 Å². The second-order valence-electron chi connectivity index (χ2n) is 3.40. The van der Waals surface area contributed by atoms with Crippen LogP contribution in [0.2, 0.25) is 0 Å². The van der Waals surface area contributed by atoms with Crippen LogP contribution in [0.3, 0.4) is 0 Å². The van der Waals surface area contributed by atoms with Gasteiger partial charge in [-0.2, -0.15) is 0 Å². The highest BCUT2D eigenvalue weighted by Gasteiger charge is 2.13. The number of rotatable bonds is 7. The zero-order valence-corrected chi connectivity index (χ0v) is 11.9. The molecule has 18 heavy (non-hydrogen) atoms. The molecule has 0 saturated heterocycles. The van der Waals surface area contributed by atoms with Gasteiger partial charge in [0.25, 0.3) is 0 Å². The first kappa shape index (κ1) is 14.9. The van der Waals surface area contributed by atoms with Crippen LogP contribution in [0, 0.1) is 0 Å². The molecule has 1 N–H and O–H groups in total. The number of hydrogen-bond donors (Lipinski definition) is 1. The van der Waals surface area contributed by atoms with Crippen LogP contribution in [0.5, 0.6) is 0 Å². The molecular formula is C9H12BrN5O2S. The maximum Gasteiger partial charge on any atom is 0.242 e. The van der Waals surface area contributed by atoms with Gasteiger partial charge in [-0.25, -0.2) is 13.1 Å². The van der Waals surface area contributed by atoms with E-state index in [0.717, 1.165) is 0 Å². The van der Waals surface area contributed by atoms with Gasteiger partial charge in [-0.3, -0.25) is 4.98 Å². The molecule has 0 bridgehead atoms. The van der Waals surface area contributed by atoms with Gasteiger partial charge < -0.3 is 0 Å². The maximum absolute atomic E-state index is 11.8. The Kier molecular flexibility index (Phi) is 6.06. The lowest BCUT2D eigenvalue weighted by atomic mass is 10.3. The van der Waals surface area contributed by atoms with Crippen molar-refractivity contribution in [3.05, 3.63) is 33.4 Å². The fourth-order valence-corrected chi connectivity index (χ4v) is 2.76. The highest BCUT2D eigenvalue weighted by Crippen LogP contribution is 2.13. The molecule has 1 aromatic rings. The van der Waals surface area contributed by atoms with E-state index in [1.54, 1.807) is 0 Å². The molecule has 0 radical (unpaired) electrons. The van der Waals surface area contributed by atoms with Gasteiger partial charge >= 0.3 is 0 Å². The molecule has 0 amide bonds. The smallest absolute Gasteiger partial charge is 0.242 e. The van der Waals surface area contributed by atoms with Crippen molar-refractivity contribution in [1.29, 1.82) is 0 Å². The Hall–Kier alpha value is -1.15. The number of unbranched alkanes of at least 4 members (excludes halogenated alkanes) is 1. The van der Waals surface area contributed by atoms with E-state index in [4.69, 9.17) is 5.53 Å². The number of hydrogen-bond acceptors (Lipinski definition) is 4. The summed E-state index contributed by atoms with van der Waals surface area (Å²) in [5, 5.41) is 3.36. The summed E-state index contributed by atoms with van der Waals surface area (Å²) in [5.41, 5.74) is 8.06. The van der Waals surface area contributed by atoms with E-state index in [2.05, 4.69) is 35.7 Å². The van der Waals surface area contributed by atoms with Gasteiger partial charge in [0, 0.05) is 34.9 Å². The molecule has 0 aromatic carbocycles. The lowest BCUT2D eigenvalue weighted by Crippen LogP contribution is -2.25. The zero-order valence-electron chi connectivity index (χ0n) is 9.45. The minimum atomic E-state index is -3.52. The monoisotopic (exact) mass is 333 g/mol. The highest BCUT2D eigenvalue weighted by molar-refractivity contribution is 9.10. The minimum Gasteiger partial charge on any atom is -0.262 e. The number of azide groups is 1. The standard InChI is InChI=1S/C9H12BrN5O2S/c10-8-5-9(7-12-6-8)18(16,17)14-4-2-1-3-13-15-11/h5-7,14H,1-4H2. The van der Waals surface area contributed by atoms with Crippen molar-refractivity contribution in [2.24, 2.45) is 5.11 Å². The molecule has 0 spiro atoms. The first-order valence-electron chi connectivity index (χ1n) is 5.17. The minimum absolute atomic E-state index is 0.118. The van der Waals surface area contributed by atoms with Gasteiger partial charge in [0.2, 0.25) is 10.0 Å². The van der Waals surface area contributed by atoms with E-state index in [1.807, 2.05) is 0 Å². The van der Waals surface area contributed by atoms with Crippen LogP contribution in [0.15, 0.2) is 32.9 Å². The van der Waals surface area contributed by atoms with Crippen molar-refractivity contribution < 1.29 is 8.42 Å². The Labute approximate surface area is 113 Å². The molecule has 98 valence electrons. The van der Waals surface area contributed by atoms with Crippen molar-refractivity contribution in [3.8, 4) is 0 Å². The molecule has 9 heteroatoms. The van der Waals surface area contributed by atoms with E-state index in [9.17, 15) is 8.42 Å². The largest absolute Gasteiger partial charge is 0.262 e. The lowest BCUT2D eigenvalue weighted by Gasteiger charge is -2.05. The third kappa shape index (κ3) is 5.01. The molecule has 0 fully saturated rings. The van der Waals surface area contributed by atoms with Gasteiger partial charge in [-0.15, -0.1) is 0 Å². The van der Waals surface area contributed by atoms with Gasteiger partial charge in [0.15, 0.2) is 0 Å². The van der Waals surface area contributed by atoms with Crippen LogP contribution >= 0.6 is 15.9 Å². The topological polar surface area (TPSA) is 108 Å². The zero-order chi connectivity index (χ0) is 13.4. The van der Waals surface area contributed by atoms with E-state index in [0.29, 0.717) is 30.4 Å². The fraction of sp³-hybridized carbons (Fsp3) is 0.444. The van der Waals surface area contributed by atoms with E-state index in [-0.39, 0.29) is 4.90 Å². The number of sulfonamides is 1. The first-order chi connectivity index (χ1) is 8.56. The molecule has 7 nitrogen and oxygen atoms in total. The molecule has 1 rings (SSSR count). The highest BCUT2D eigenvalue weighted by atomic mass is 79.9. The van der Waals surface area contributed by atoms with Crippen LogP contribution in [0.4, 0.5) is 0 Å². The van der Waals surface area contributed by atoms with E-state index < -0.39 is 10.0 Å². The first-order valence-corrected chi connectivity index (χ1v) is 7.45. The molecule has 0 saturated carbocycles. The van der Waals surface area contributed by atoms with Crippen LogP contribution < -0.4 is 4.72 Å². The maximum atomic E-state index is 11.8. The molecule has 0 atom stereocenters. The Morgan fingerprint density at radius 3 is 2.89 bits per heavy atom. The molecule has 0 aliphatic heterocycles. The summed E-state index contributed by atoms with van der Waals surface area (Å²) >= 11 is 3.16. The summed E-state index contributed by atoms with van der Waals surface area (Å²) in [6.07, 6.45) is 4.05. The number of nitrogens with one attached hydrogen (secondary N) is 1. The van der Waals surface area contributed by atoms with E-state index in [1.165, 1.54) is 18.5 Å². The predicted molar refractivity (Wildman–Crippen MR) is 70.4 cm³/mol. The molecule has 0 aliphatic carbocycles. The van der Waals surface area contributed by atoms with Gasteiger partial charge in [0.1, 0.15) is 4.90 Å². The number of halogens is 1. The summed E-state index contributed by atoms with van der Waals surface area (Å²) in [6.45, 7) is 0.673. The normalized spacial score (nSPS) is 10.9. The SMILES string of the molecule is [N-]=[N+]=NCCCCNS(=O)(=O)c1cncc(Br)c1. The summed E-state index contributed by atoms with van der Waals surface area (Å²) in [7, 11) is -3.52. The van der Waals surface area contributed by atoms with Crippen LogP contribution in [0.25, 0.3) is 10.4 Å². The molecule has 0 unspecified atom stereocenters. The summed E-state index contributed by atoms with van der Waals surface area (Å²) in [4.78, 5) is 6.53. The second kappa shape index (κ2) is 7.32. The van der Waals surface area contributed by atoms with Crippen molar-refractivity contribution in [3.63, 3.8) is 0 Å².